The Morgan fingerprint density at radius 3 is 2.69 bits per heavy atom. The van der Waals surface area contributed by atoms with Crippen molar-refractivity contribution in [2.24, 2.45) is 5.92 Å². The van der Waals surface area contributed by atoms with Gasteiger partial charge in [-0.2, -0.15) is 9.37 Å². The zero-order chi connectivity index (χ0) is 9.84. The maximum atomic E-state index is 12.7. The van der Waals surface area contributed by atoms with Gasteiger partial charge in [0.15, 0.2) is 0 Å². The van der Waals surface area contributed by atoms with E-state index in [0.717, 1.165) is 12.7 Å². The Bertz CT molecular complexity index is 275. The summed E-state index contributed by atoms with van der Waals surface area (Å²) >= 11 is 0. The molecule has 4 heteroatoms. The van der Waals surface area contributed by atoms with Crippen LogP contribution in [0.1, 0.15) is 13.8 Å². The summed E-state index contributed by atoms with van der Waals surface area (Å²) in [7, 11) is 1.88. The summed E-state index contributed by atoms with van der Waals surface area (Å²) in [5.41, 5.74) is 0. The molecule has 0 aliphatic rings. The maximum Gasteiger partial charge on any atom is 0.233 e. The summed E-state index contributed by atoms with van der Waals surface area (Å²) in [6.07, 6.45) is 2.66. The average Bonchev–Trinajstić information content (AvgIpc) is 2.03. The van der Waals surface area contributed by atoms with Crippen LogP contribution in [0.15, 0.2) is 12.4 Å². The first kappa shape index (κ1) is 9.89. The van der Waals surface area contributed by atoms with Crippen molar-refractivity contribution in [1.29, 1.82) is 0 Å². The molecule has 0 fully saturated rings. The lowest BCUT2D eigenvalue weighted by Crippen LogP contribution is -2.23. The molecule has 0 saturated heterocycles. The molecule has 0 amide bonds. The maximum absolute atomic E-state index is 12.7. The summed E-state index contributed by atoms with van der Waals surface area (Å²) in [5, 5.41) is 0. The molecule has 1 rings (SSSR count). The monoisotopic (exact) mass is 183 g/mol. The second-order valence-electron chi connectivity index (χ2n) is 3.47. The average molecular weight is 183 g/mol. The minimum Gasteiger partial charge on any atom is -0.358 e. The quantitative estimate of drug-likeness (QED) is 0.714. The number of nitrogens with zero attached hydrogens (tertiary/aromatic N) is 3. The number of anilines is 1. The van der Waals surface area contributed by atoms with Gasteiger partial charge in [0.1, 0.15) is 5.82 Å². The van der Waals surface area contributed by atoms with E-state index < -0.39 is 5.95 Å². The highest BCUT2D eigenvalue weighted by Crippen LogP contribution is 2.08. The molecular formula is C9H14FN3. The number of hydrogen-bond acceptors (Lipinski definition) is 3. The smallest absolute Gasteiger partial charge is 0.233 e. The van der Waals surface area contributed by atoms with Crippen molar-refractivity contribution in [2.75, 3.05) is 18.5 Å². The van der Waals surface area contributed by atoms with Gasteiger partial charge < -0.3 is 4.90 Å². The number of rotatable bonds is 3. The first-order valence-corrected chi connectivity index (χ1v) is 4.28. The molecule has 0 aliphatic heterocycles. The topological polar surface area (TPSA) is 29.0 Å². The third-order valence-corrected chi connectivity index (χ3v) is 1.62. The molecule has 3 nitrogen and oxygen atoms in total. The van der Waals surface area contributed by atoms with Crippen LogP contribution < -0.4 is 4.90 Å². The van der Waals surface area contributed by atoms with Gasteiger partial charge in [0.2, 0.25) is 5.95 Å². The molecule has 0 spiro atoms. The molecule has 0 radical (unpaired) electrons. The van der Waals surface area contributed by atoms with Gasteiger partial charge in [-0.15, -0.1) is 0 Å². The molecule has 0 N–H and O–H groups in total. The van der Waals surface area contributed by atoms with Crippen LogP contribution in [-0.2, 0) is 0 Å². The summed E-state index contributed by atoms with van der Waals surface area (Å²) in [6, 6.07) is 0. The molecule has 72 valence electrons. The van der Waals surface area contributed by atoms with E-state index in [-0.39, 0.29) is 0 Å². The molecule has 1 heterocycles. The lowest BCUT2D eigenvalue weighted by molar-refractivity contribution is 0.569. The van der Waals surface area contributed by atoms with Gasteiger partial charge >= 0.3 is 0 Å². The highest BCUT2D eigenvalue weighted by Gasteiger charge is 2.05. The second kappa shape index (κ2) is 4.16. The minimum absolute atomic E-state index is 0.523. The Balaban J connectivity index is 2.71. The van der Waals surface area contributed by atoms with Crippen LogP contribution in [0.25, 0.3) is 0 Å². The highest BCUT2D eigenvalue weighted by atomic mass is 19.1. The fourth-order valence-corrected chi connectivity index (χ4v) is 1.16. The normalized spacial score (nSPS) is 10.5. The highest BCUT2D eigenvalue weighted by molar-refractivity contribution is 5.33. The molecule has 13 heavy (non-hydrogen) atoms. The lowest BCUT2D eigenvalue weighted by Gasteiger charge is -2.19. The SMILES string of the molecule is CC(C)CN(C)c1cncc(F)n1. The van der Waals surface area contributed by atoms with Crippen molar-refractivity contribution in [1.82, 2.24) is 9.97 Å². The van der Waals surface area contributed by atoms with Crippen LogP contribution in [0.4, 0.5) is 10.2 Å². The van der Waals surface area contributed by atoms with Crippen LogP contribution in [-0.4, -0.2) is 23.6 Å². The van der Waals surface area contributed by atoms with E-state index in [2.05, 4.69) is 23.8 Å². The van der Waals surface area contributed by atoms with Crippen molar-refractivity contribution in [3.05, 3.63) is 18.3 Å². The summed E-state index contributed by atoms with van der Waals surface area (Å²) in [6.45, 7) is 5.05. The zero-order valence-electron chi connectivity index (χ0n) is 8.16. The largest absolute Gasteiger partial charge is 0.358 e. The van der Waals surface area contributed by atoms with Gasteiger partial charge in [0.25, 0.3) is 0 Å². The summed E-state index contributed by atoms with van der Waals surface area (Å²) in [5.74, 6) is 0.567. The Hall–Kier alpha value is -1.19. The zero-order valence-corrected chi connectivity index (χ0v) is 8.16. The first-order chi connectivity index (χ1) is 6.09. The van der Waals surface area contributed by atoms with Gasteiger partial charge in [-0.05, 0) is 5.92 Å². The minimum atomic E-state index is -0.534. The third-order valence-electron chi connectivity index (χ3n) is 1.62. The van der Waals surface area contributed by atoms with E-state index in [9.17, 15) is 4.39 Å². The van der Waals surface area contributed by atoms with E-state index in [0.29, 0.717) is 11.7 Å². The molecule has 1 aromatic heterocycles. The molecule has 0 aromatic carbocycles. The second-order valence-corrected chi connectivity index (χ2v) is 3.47. The van der Waals surface area contributed by atoms with Crippen molar-refractivity contribution in [3.63, 3.8) is 0 Å². The van der Waals surface area contributed by atoms with E-state index in [1.807, 2.05) is 11.9 Å². The van der Waals surface area contributed by atoms with Gasteiger partial charge in [0, 0.05) is 13.6 Å². The molecular weight excluding hydrogens is 169 g/mol. The van der Waals surface area contributed by atoms with E-state index in [1.54, 1.807) is 6.20 Å². The third kappa shape index (κ3) is 2.97. The van der Waals surface area contributed by atoms with E-state index in [4.69, 9.17) is 0 Å². The summed E-state index contributed by atoms with van der Waals surface area (Å²) in [4.78, 5) is 9.35. The van der Waals surface area contributed by atoms with Gasteiger partial charge in [-0.3, -0.25) is 4.98 Å². The van der Waals surface area contributed by atoms with Crippen molar-refractivity contribution < 1.29 is 4.39 Å². The van der Waals surface area contributed by atoms with E-state index in [1.165, 1.54) is 0 Å². The summed E-state index contributed by atoms with van der Waals surface area (Å²) < 4.78 is 12.7. The number of aromatic nitrogens is 2. The fraction of sp³-hybridized carbons (Fsp3) is 0.556. The van der Waals surface area contributed by atoms with Crippen LogP contribution >= 0.6 is 0 Å². The Kier molecular flexibility index (Phi) is 3.17. The lowest BCUT2D eigenvalue weighted by atomic mass is 10.2. The van der Waals surface area contributed by atoms with Gasteiger partial charge in [0.05, 0.1) is 12.4 Å². The van der Waals surface area contributed by atoms with Crippen LogP contribution in [0.5, 0.6) is 0 Å². The van der Waals surface area contributed by atoms with E-state index >= 15 is 0 Å². The van der Waals surface area contributed by atoms with Crippen molar-refractivity contribution in [2.45, 2.75) is 13.8 Å². The molecule has 0 saturated carbocycles. The number of halogens is 1. The van der Waals surface area contributed by atoms with Crippen LogP contribution in [0.2, 0.25) is 0 Å². The van der Waals surface area contributed by atoms with Gasteiger partial charge in [-0.1, -0.05) is 13.8 Å². The van der Waals surface area contributed by atoms with Crippen LogP contribution in [0.3, 0.4) is 0 Å². The Labute approximate surface area is 77.6 Å². The standard InChI is InChI=1S/C9H14FN3/c1-7(2)6-13(3)9-5-11-4-8(10)12-9/h4-5,7H,6H2,1-3H3. The predicted molar refractivity (Wildman–Crippen MR) is 50.1 cm³/mol. The number of hydrogen-bond donors (Lipinski definition) is 0. The molecule has 1 aromatic rings. The Morgan fingerprint density at radius 2 is 2.15 bits per heavy atom. The van der Waals surface area contributed by atoms with Gasteiger partial charge in [-0.25, -0.2) is 0 Å². The predicted octanol–water partition coefficient (Wildman–Crippen LogP) is 1.71. The van der Waals surface area contributed by atoms with Crippen molar-refractivity contribution in [3.8, 4) is 0 Å². The molecule has 0 bridgehead atoms. The fourth-order valence-electron chi connectivity index (χ4n) is 1.16. The molecule has 0 atom stereocenters. The first-order valence-electron chi connectivity index (χ1n) is 4.28. The molecule has 0 aliphatic carbocycles. The Morgan fingerprint density at radius 1 is 1.46 bits per heavy atom. The molecule has 0 unspecified atom stereocenters. The van der Waals surface area contributed by atoms with Crippen molar-refractivity contribution >= 4 is 5.82 Å². The van der Waals surface area contributed by atoms with Crippen LogP contribution in [0, 0.1) is 11.9 Å².